The Balaban J connectivity index is 1.99. The molecule has 4 heteroatoms. The first-order valence-electron chi connectivity index (χ1n) is 8.34. The second-order valence-electron chi connectivity index (χ2n) is 6.57. The summed E-state index contributed by atoms with van der Waals surface area (Å²) in [4.78, 5) is 24.6. The lowest BCUT2D eigenvalue weighted by Crippen LogP contribution is -2.40. The van der Waals surface area contributed by atoms with E-state index in [0.717, 1.165) is 31.2 Å². The largest absolute Gasteiger partial charge is 0.469 e. The summed E-state index contributed by atoms with van der Waals surface area (Å²) in [6.07, 6.45) is 5.44. The summed E-state index contributed by atoms with van der Waals surface area (Å²) >= 11 is 0. The lowest BCUT2D eigenvalue weighted by atomic mass is 9.68. The number of methoxy groups -OCH3 is 1. The molecular weight excluding hydrogens is 292 g/mol. The molecule has 0 amide bonds. The highest BCUT2D eigenvalue weighted by Crippen LogP contribution is 2.42. The lowest BCUT2D eigenvalue weighted by molar-refractivity contribution is -0.164. The van der Waals surface area contributed by atoms with Crippen LogP contribution in [-0.4, -0.2) is 19.0 Å². The predicted octanol–water partition coefficient (Wildman–Crippen LogP) is 3.88. The predicted molar refractivity (Wildman–Crippen MR) is 87.6 cm³/mol. The van der Waals surface area contributed by atoms with Gasteiger partial charge < -0.3 is 9.47 Å². The van der Waals surface area contributed by atoms with Crippen LogP contribution in [0.1, 0.15) is 51.0 Å². The summed E-state index contributed by atoms with van der Waals surface area (Å²) in [6, 6.07) is 9.55. The summed E-state index contributed by atoms with van der Waals surface area (Å²) in [7, 11) is 1.39. The van der Waals surface area contributed by atoms with E-state index in [1.807, 2.05) is 37.3 Å². The normalized spacial score (nSPS) is 18.0. The van der Waals surface area contributed by atoms with Crippen molar-refractivity contribution in [1.82, 2.24) is 0 Å². The highest BCUT2D eigenvalue weighted by atomic mass is 16.5. The van der Waals surface area contributed by atoms with Crippen molar-refractivity contribution >= 4 is 11.9 Å². The Morgan fingerprint density at radius 3 is 2.39 bits per heavy atom. The molecule has 1 aliphatic rings. The van der Waals surface area contributed by atoms with Crippen LogP contribution < -0.4 is 0 Å². The number of hydrogen-bond donors (Lipinski definition) is 0. The average molecular weight is 318 g/mol. The van der Waals surface area contributed by atoms with E-state index >= 15 is 0 Å². The van der Waals surface area contributed by atoms with Gasteiger partial charge in [0.25, 0.3) is 0 Å². The Morgan fingerprint density at radius 1 is 1.13 bits per heavy atom. The van der Waals surface area contributed by atoms with Crippen LogP contribution in [0.4, 0.5) is 0 Å². The average Bonchev–Trinajstić information content (AvgIpc) is 2.60. The van der Waals surface area contributed by atoms with Crippen LogP contribution >= 0.6 is 0 Å². The zero-order chi connectivity index (χ0) is 16.7. The zero-order valence-electron chi connectivity index (χ0n) is 14.0. The van der Waals surface area contributed by atoms with Crippen molar-refractivity contribution in [2.75, 3.05) is 7.11 Å². The number of benzene rings is 1. The molecule has 1 atom stereocenters. The van der Waals surface area contributed by atoms with Gasteiger partial charge in [-0.1, -0.05) is 49.6 Å². The molecule has 1 aliphatic carbocycles. The molecule has 0 radical (unpaired) electrons. The van der Waals surface area contributed by atoms with Crippen LogP contribution in [0.5, 0.6) is 0 Å². The fourth-order valence-corrected chi connectivity index (χ4v) is 3.44. The summed E-state index contributed by atoms with van der Waals surface area (Å²) < 4.78 is 10.3. The van der Waals surface area contributed by atoms with Crippen molar-refractivity contribution < 1.29 is 19.1 Å². The standard InChI is InChI=1S/C19H26O4/c1-19(18(21)22-2,16-11-7-4-8-12-16)13-17(20)23-14-15-9-5-3-6-10-15/h3,5-6,9-10,16H,4,7-8,11-14H2,1-2H3. The fourth-order valence-electron chi connectivity index (χ4n) is 3.44. The van der Waals surface area contributed by atoms with Gasteiger partial charge in [-0.25, -0.2) is 0 Å². The van der Waals surface area contributed by atoms with E-state index in [2.05, 4.69) is 0 Å². The molecule has 2 rings (SSSR count). The first-order chi connectivity index (χ1) is 11.1. The van der Waals surface area contributed by atoms with Crippen molar-refractivity contribution in [3.8, 4) is 0 Å². The molecule has 1 aromatic carbocycles. The monoisotopic (exact) mass is 318 g/mol. The highest BCUT2D eigenvalue weighted by Gasteiger charge is 2.44. The quantitative estimate of drug-likeness (QED) is 0.747. The van der Waals surface area contributed by atoms with E-state index in [1.54, 1.807) is 0 Å². The number of carbonyl (C=O) groups excluding carboxylic acids is 2. The van der Waals surface area contributed by atoms with Gasteiger partial charge in [-0.2, -0.15) is 0 Å². The van der Waals surface area contributed by atoms with Gasteiger partial charge >= 0.3 is 11.9 Å². The summed E-state index contributed by atoms with van der Waals surface area (Å²) in [5.41, 5.74) is 0.154. The minimum absolute atomic E-state index is 0.0805. The minimum atomic E-state index is -0.789. The van der Waals surface area contributed by atoms with Gasteiger partial charge in [-0.3, -0.25) is 9.59 Å². The molecule has 0 aromatic heterocycles. The Hall–Kier alpha value is -1.84. The van der Waals surface area contributed by atoms with Crippen molar-refractivity contribution in [3.05, 3.63) is 35.9 Å². The molecule has 1 fully saturated rings. The molecule has 0 bridgehead atoms. The van der Waals surface area contributed by atoms with Gasteiger partial charge in [-0.05, 0) is 31.2 Å². The molecule has 1 aromatic rings. The number of hydrogen-bond acceptors (Lipinski definition) is 4. The van der Waals surface area contributed by atoms with Crippen LogP contribution in [0.15, 0.2) is 30.3 Å². The topological polar surface area (TPSA) is 52.6 Å². The van der Waals surface area contributed by atoms with Crippen LogP contribution in [0.2, 0.25) is 0 Å². The lowest BCUT2D eigenvalue weighted by Gasteiger charge is -2.36. The second kappa shape index (κ2) is 8.14. The van der Waals surface area contributed by atoms with Gasteiger partial charge in [0.05, 0.1) is 18.9 Å². The van der Waals surface area contributed by atoms with Gasteiger partial charge in [0.1, 0.15) is 6.61 Å². The summed E-state index contributed by atoms with van der Waals surface area (Å²) in [5.74, 6) is -0.457. The third kappa shape index (κ3) is 4.57. The Labute approximate surface area is 138 Å². The Morgan fingerprint density at radius 2 is 1.78 bits per heavy atom. The summed E-state index contributed by atoms with van der Waals surface area (Å²) in [5, 5.41) is 0. The fraction of sp³-hybridized carbons (Fsp3) is 0.579. The molecule has 4 nitrogen and oxygen atoms in total. The number of esters is 2. The van der Waals surface area contributed by atoms with Crippen LogP contribution in [-0.2, 0) is 25.7 Å². The smallest absolute Gasteiger partial charge is 0.312 e. The molecular formula is C19H26O4. The molecule has 126 valence electrons. The van der Waals surface area contributed by atoms with Gasteiger partial charge in [0.15, 0.2) is 0 Å². The van der Waals surface area contributed by atoms with E-state index in [9.17, 15) is 9.59 Å². The van der Waals surface area contributed by atoms with E-state index in [0.29, 0.717) is 0 Å². The van der Waals surface area contributed by atoms with Crippen molar-refractivity contribution in [2.24, 2.45) is 11.3 Å². The molecule has 0 heterocycles. The second-order valence-corrected chi connectivity index (χ2v) is 6.57. The first kappa shape index (κ1) is 17.5. The molecule has 1 unspecified atom stereocenters. The highest BCUT2D eigenvalue weighted by molar-refractivity contribution is 5.83. The van der Waals surface area contributed by atoms with Crippen LogP contribution in [0.3, 0.4) is 0 Å². The van der Waals surface area contributed by atoms with Gasteiger partial charge in [-0.15, -0.1) is 0 Å². The van der Waals surface area contributed by atoms with Crippen LogP contribution in [0.25, 0.3) is 0 Å². The number of carbonyl (C=O) groups is 2. The Kier molecular flexibility index (Phi) is 6.20. The van der Waals surface area contributed by atoms with E-state index < -0.39 is 5.41 Å². The summed E-state index contributed by atoms with van der Waals surface area (Å²) in [6.45, 7) is 2.08. The zero-order valence-corrected chi connectivity index (χ0v) is 14.0. The molecule has 0 spiro atoms. The molecule has 0 aliphatic heterocycles. The van der Waals surface area contributed by atoms with Gasteiger partial charge in [0, 0.05) is 0 Å². The maximum absolute atomic E-state index is 12.3. The van der Waals surface area contributed by atoms with Gasteiger partial charge in [0.2, 0.25) is 0 Å². The van der Waals surface area contributed by atoms with Crippen LogP contribution in [0, 0.1) is 11.3 Å². The maximum atomic E-state index is 12.3. The SMILES string of the molecule is COC(=O)C(C)(CC(=O)OCc1ccccc1)C1CCCCC1. The minimum Gasteiger partial charge on any atom is -0.469 e. The van der Waals surface area contributed by atoms with Crippen molar-refractivity contribution in [1.29, 1.82) is 0 Å². The third-order valence-corrected chi connectivity index (χ3v) is 4.91. The first-order valence-corrected chi connectivity index (χ1v) is 8.34. The third-order valence-electron chi connectivity index (χ3n) is 4.91. The number of ether oxygens (including phenoxy) is 2. The Bertz CT molecular complexity index is 519. The van der Waals surface area contributed by atoms with Crippen molar-refractivity contribution in [2.45, 2.75) is 52.1 Å². The molecule has 23 heavy (non-hydrogen) atoms. The van der Waals surface area contributed by atoms with E-state index in [4.69, 9.17) is 9.47 Å². The van der Waals surface area contributed by atoms with Crippen molar-refractivity contribution in [3.63, 3.8) is 0 Å². The van der Waals surface area contributed by atoms with E-state index in [-0.39, 0.29) is 30.9 Å². The maximum Gasteiger partial charge on any atom is 0.312 e. The molecule has 0 saturated heterocycles. The molecule has 0 N–H and O–H groups in total. The molecule has 1 saturated carbocycles. The van der Waals surface area contributed by atoms with E-state index in [1.165, 1.54) is 13.5 Å². The number of rotatable bonds is 6.